The zero-order valence-corrected chi connectivity index (χ0v) is 15.1. The number of benzene rings is 1. The topological polar surface area (TPSA) is 120 Å². The number of rotatable bonds is 11. The second-order valence-corrected chi connectivity index (χ2v) is 7.16. The molecule has 7 nitrogen and oxygen atoms in total. The fourth-order valence-corrected chi connectivity index (χ4v) is 3.61. The molecular formula is C16H27N5O2S. The largest absolute Gasteiger partial charge is 0.399 e. The molecule has 0 amide bonds. The van der Waals surface area contributed by atoms with Crippen LogP contribution in [0.2, 0.25) is 0 Å². The van der Waals surface area contributed by atoms with Gasteiger partial charge < -0.3 is 16.4 Å². The van der Waals surface area contributed by atoms with Crippen LogP contribution >= 0.6 is 0 Å². The van der Waals surface area contributed by atoms with E-state index in [-0.39, 0.29) is 17.5 Å². The van der Waals surface area contributed by atoms with Gasteiger partial charge in [0.1, 0.15) is 4.90 Å². The third kappa shape index (κ3) is 6.35. The van der Waals surface area contributed by atoms with Crippen molar-refractivity contribution in [1.29, 1.82) is 5.26 Å². The van der Waals surface area contributed by atoms with Crippen LogP contribution in [0.15, 0.2) is 23.1 Å². The summed E-state index contributed by atoms with van der Waals surface area (Å²) in [5, 5.41) is 14.8. The van der Waals surface area contributed by atoms with Gasteiger partial charge in [-0.05, 0) is 37.6 Å². The molecule has 0 saturated heterocycles. The van der Waals surface area contributed by atoms with Crippen LogP contribution in [-0.4, -0.2) is 27.7 Å². The summed E-state index contributed by atoms with van der Waals surface area (Å²) in [5.41, 5.74) is 6.56. The van der Waals surface area contributed by atoms with Gasteiger partial charge in [0, 0.05) is 12.2 Å². The van der Waals surface area contributed by atoms with Gasteiger partial charge >= 0.3 is 0 Å². The number of nitrogens with one attached hydrogen (secondary N) is 3. The highest BCUT2D eigenvalue weighted by Crippen LogP contribution is 2.24. The number of unbranched alkanes of at least 4 members (excludes halogenated alkanes) is 1. The predicted octanol–water partition coefficient (Wildman–Crippen LogP) is 2.00. The highest BCUT2D eigenvalue weighted by molar-refractivity contribution is 7.89. The van der Waals surface area contributed by atoms with E-state index in [0.717, 1.165) is 19.4 Å². The highest BCUT2D eigenvalue weighted by Gasteiger charge is 2.22. The Morgan fingerprint density at radius 3 is 2.67 bits per heavy atom. The highest BCUT2D eigenvalue weighted by atomic mass is 32.2. The van der Waals surface area contributed by atoms with Crippen molar-refractivity contribution in [3.8, 4) is 6.07 Å². The molecule has 1 rings (SSSR count). The molecule has 24 heavy (non-hydrogen) atoms. The van der Waals surface area contributed by atoms with Crippen molar-refractivity contribution in [1.82, 2.24) is 10.0 Å². The summed E-state index contributed by atoms with van der Waals surface area (Å²) in [6.07, 6.45) is 2.60. The summed E-state index contributed by atoms with van der Waals surface area (Å²) in [6.45, 7) is 5.12. The molecule has 0 fully saturated rings. The summed E-state index contributed by atoms with van der Waals surface area (Å²) in [6, 6.07) is 6.69. The van der Waals surface area contributed by atoms with Crippen molar-refractivity contribution < 1.29 is 8.42 Å². The lowest BCUT2D eigenvalue weighted by molar-refractivity contribution is 0.458. The van der Waals surface area contributed by atoms with Crippen molar-refractivity contribution in [2.75, 3.05) is 24.1 Å². The van der Waals surface area contributed by atoms with Crippen LogP contribution in [0.4, 0.5) is 11.4 Å². The molecule has 0 spiro atoms. The molecule has 0 radical (unpaired) electrons. The van der Waals surface area contributed by atoms with Crippen LogP contribution in [0.1, 0.15) is 39.5 Å². The van der Waals surface area contributed by atoms with Gasteiger partial charge in [0.25, 0.3) is 0 Å². The van der Waals surface area contributed by atoms with E-state index in [0.29, 0.717) is 24.3 Å². The van der Waals surface area contributed by atoms with Gasteiger partial charge in [-0.15, -0.1) is 0 Å². The number of hydrogen-bond donors (Lipinski definition) is 4. The van der Waals surface area contributed by atoms with Gasteiger partial charge in [0.05, 0.1) is 24.3 Å². The van der Waals surface area contributed by atoms with E-state index >= 15 is 0 Å². The number of anilines is 2. The average Bonchev–Trinajstić information content (AvgIpc) is 2.55. The van der Waals surface area contributed by atoms with Gasteiger partial charge in [-0.2, -0.15) is 9.98 Å². The van der Waals surface area contributed by atoms with Crippen LogP contribution in [0.5, 0.6) is 0 Å². The summed E-state index contributed by atoms with van der Waals surface area (Å²) >= 11 is 0. The van der Waals surface area contributed by atoms with Gasteiger partial charge in [-0.1, -0.05) is 20.3 Å². The van der Waals surface area contributed by atoms with Crippen LogP contribution in [0.3, 0.4) is 0 Å². The minimum absolute atomic E-state index is 0.0937. The van der Waals surface area contributed by atoms with Crippen molar-refractivity contribution in [2.24, 2.45) is 0 Å². The molecule has 0 saturated carbocycles. The Labute approximate surface area is 144 Å². The van der Waals surface area contributed by atoms with Crippen molar-refractivity contribution in [2.45, 2.75) is 50.6 Å². The van der Waals surface area contributed by atoms with E-state index in [4.69, 9.17) is 11.0 Å². The Balaban J connectivity index is 2.95. The van der Waals surface area contributed by atoms with Crippen LogP contribution in [0.25, 0.3) is 0 Å². The molecule has 134 valence electrons. The smallest absolute Gasteiger partial charge is 0.244 e. The van der Waals surface area contributed by atoms with E-state index in [2.05, 4.69) is 22.3 Å². The maximum Gasteiger partial charge on any atom is 0.244 e. The SMILES string of the molecule is CCCCNC(CC)NS(=O)(=O)c1cc(N)ccc1NCCC#N. The van der Waals surface area contributed by atoms with Crippen LogP contribution in [-0.2, 0) is 10.0 Å². The maximum absolute atomic E-state index is 12.7. The minimum Gasteiger partial charge on any atom is -0.399 e. The standard InChI is InChI=1S/C16H27N5O2S/c1-3-5-10-20-16(4-2)21-24(22,23)15-12-13(18)7-8-14(15)19-11-6-9-17/h7-8,12,16,19-21H,3-6,10-11,18H2,1-2H3. The first-order valence-electron chi connectivity index (χ1n) is 8.20. The van der Waals surface area contributed by atoms with Crippen LogP contribution < -0.4 is 21.1 Å². The van der Waals surface area contributed by atoms with Gasteiger partial charge in [0.2, 0.25) is 10.0 Å². The van der Waals surface area contributed by atoms with Crippen LogP contribution in [0, 0.1) is 11.3 Å². The molecule has 1 atom stereocenters. The molecule has 0 aliphatic heterocycles. The summed E-state index contributed by atoms with van der Waals surface area (Å²) in [4.78, 5) is 0.0937. The quantitative estimate of drug-likeness (QED) is 0.274. The zero-order chi connectivity index (χ0) is 18.0. The lowest BCUT2D eigenvalue weighted by atomic mass is 10.3. The van der Waals surface area contributed by atoms with Crippen molar-refractivity contribution >= 4 is 21.4 Å². The minimum atomic E-state index is -3.74. The molecule has 0 aromatic heterocycles. The fraction of sp³-hybridized carbons (Fsp3) is 0.562. The molecule has 0 bridgehead atoms. The molecule has 1 aromatic rings. The number of hydrogen-bond acceptors (Lipinski definition) is 6. The number of nitrogens with two attached hydrogens (primary N) is 1. The first-order valence-corrected chi connectivity index (χ1v) is 9.69. The van der Waals surface area contributed by atoms with E-state index in [1.165, 1.54) is 6.07 Å². The van der Waals surface area contributed by atoms with E-state index < -0.39 is 10.0 Å². The molecule has 0 aliphatic rings. The molecule has 0 heterocycles. The predicted molar refractivity (Wildman–Crippen MR) is 96.9 cm³/mol. The molecule has 5 N–H and O–H groups in total. The van der Waals surface area contributed by atoms with E-state index in [1.807, 2.05) is 13.0 Å². The van der Waals surface area contributed by atoms with Gasteiger partial charge in [-0.3, -0.25) is 0 Å². The summed E-state index contributed by atoms with van der Waals surface area (Å²) in [5.74, 6) is 0. The lowest BCUT2D eigenvalue weighted by Crippen LogP contribution is -2.45. The number of sulfonamides is 1. The Bertz CT molecular complexity index is 655. The van der Waals surface area contributed by atoms with Crippen molar-refractivity contribution in [3.05, 3.63) is 18.2 Å². The number of nitriles is 1. The first kappa shape index (κ1) is 20.2. The van der Waals surface area contributed by atoms with E-state index in [9.17, 15) is 8.42 Å². The third-order valence-electron chi connectivity index (χ3n) is 3.47. The monoisotopic (exact) mass is 353 g/mol. The van der Waals surface area contributed by atoms with E-state index in [1.54, 1.807) is 12.1 Å². The van der Waals surface area contributed by atoms with Crippen molar-refractivity contribution in [3.63, 3.8) is 0 Å². The van der Waals surface area contributed by atoms with Gasteiger partial charge in [-0.25, -0.2) is 8.42 Å². The summed E-state index contributed by atoms with van der Waals surface area (Å²) in [7, 11) is -3.74. The lowest BCUT2D eigenvalue weighted by Gasteiger charge is -2.20. The second-order valence-electron chi connectivity index (χ2n) is 5.48. The zero-order valence-electron chi connectivity index (χ0n) is 14.3. The molecular weight excluding hydrogens is 326 g/mol. The Morgan fingerprint density at radius 1 is 1.29 bits per heavy atom. The Kier molecular flexibility index (Phi) is 8.54. The molecule has 0 aliphatic carbocycles. The number of nitrogen functional groups attached to an aromatic ring is 1. The second kappa shape index (κ2) is 10.1. The fourth-order valence-electron chi connectivity index (χ4n) is 2.13. The third-order valence-corrected chi connectivity index (χ3v) is 4.99. The average molecular weight is 353 g/mol. The summed E-state index contributed by atoms with van der Waals surface area (Å²) < 4.78 is 28.1. The molecule has 1 unspecified atom stereocenters. The first-order chi connectivity index (χ1) is 11.4. The molecule has 8 heteroatoms. The molecule has 1 aromatic carbocycles. The maximum atomic E-state index is 12.7. The normalized spacial score (nSPS) is 12.5. The van der Waals surface area contributed by atoms with Gasteiger partial charge in [0.15, 0.2) is 0 Å². The Hall–Kier alpha value is -1.82. The number of nitrogens with zero attached hydrogens (tertiary/aromatic N) is 1. The Morgan fingerprint density at radius 2 is 2.04 bits per heavy atom.